The van der Waals surface area contributed by atoms with E-state index in [1.807, 2.05) is 13.0 Å². The molecule has 0 aromatic carbocycles. The van der Waals surface area contributed by atoms with Crippen molar-refractivity contribution >= 4 is 0 Å². The van der Waals surface area contributed by atoms with Crippen LogP contribution in [-0.2, 0) is 23.7 Å². The van der Waals surface area contributed by atoms with Gasteiger partial charge in [0.25, 0.3) is 0 Å². The molecule has 0 radical (unpaired) electrons. The molecule has 16 heteroatoms. The molecular weight excluding hydrogens is 808 g/mol. The van der Waals surface area contributed by atoms with E-state index in [0.29, 0.717) is 25.7 Å². The van der Waals surface area contributed by atoms with Gasteiger partial charge in [-0.25, -0.2) is 0 Å². The average Bonchev–Trinajstić information content (AvgIpc) is 3.61. The Morgan fingerprint density at radius 2 is 1.32 bits per heavy atom. The van der Waals surface area contributed by atoms with Gasteiger partial charge in [0, 0.05) is 0 Å². The maximum absolute atomic E-state index is 12.7. The number of ether oxygens (including phenoxy) is 5. The zero-order valence-corrected chi connectivity index (χ0v) is 37.6. The second kappa shape index (κ2) is 18.0. The van der Waals surface area contributed by atoms with Crippen molar-refractivity contribution in [1.29, 1.82) is 0 Å². The average molecular weight is 887 g/mol. The third-order valence-electron chi connectivity index (χ3n) is 18.6. The molecule has 62 heavy (non-hydrogen) atoms. The van der Waals surface area contributed by atoms with Crippen molar-refractivity contribution in [3.05, 3.63) is 12.2 Å². The maximum Gasteiger partial charge on any atom is 0.186 e. The Hall–Kier alpha value is -0.900. The molecule has 4 aliphatic carbocycles. The number of aliphatic hydroxyl groups is 11. The van der Waals surface area contributed by atoms with E-state index in [2.05, 4.69) is 47.6 Å². The molecule has 4 saturated carbocycles. The van der Waals surface area contributed by atoms with E-state index in [1.54, 1.807) is 0 Å². The van der Waals surface area contributed by atoms with Crippen LogP contribution < -0.4 is 0 Å². The summed E-state index contributed by atoms with van der Waals surface area (Å²) in [4.78, 5) is 0. The molecule has 1 unspecified atom stereocenters. The summed E-state index contributed by atoms with van der Waals surface area (Å²) in [6.45, 7) is 14.4. The summed E-state index contributed by atoms with van der Waals surface area (Å²) < 4.78 is 30.1. The lowest BCUT2D eigenvalue weighted by Gasteiger charge is -2.71. The van der Waals surface area contributed by atoms with Crippen LogP contribution in [-0.4, -0.2) is 174 Å². The van der Waals surface area contributed by atoms with Crippen molar-refractivity contribution in [3.8, 4) is 0 Å². The van der Waals surface area contributed by atoms with Crippen LogP contribution in [0.25, 0.3) is 0 Å². The molecule has 3 saturated heterocycles. The van der Waals surface area contributed by atoms with Gasteiger partial charge in [0.15, 0.2) is 12.6 Å². The normalized spacial score (nSPS) is 54.0. The van der Waals surface area contributed by atoms with E-state index in [9.17, 15) is 56.2 Å². The van der Waals surface area contributed by atoms with Crippen molar-refractivity contribution in [2.75, 3.05) is 19.8 Å². The third kappa shape index (κ3) is 7.78. The van der Waals surface area contributed by atoms with Crippen molar-refractivity contribution in [1.82, 2.24) is 0 Å². The molecule has 7 aliphatic rings. The maximum atomic E-state index is 12.7. The molecular formula is C46H78O16. The summed E-state index contributed by atoms with van der Waals surface area (Å²) in [6.07, 6.45) is -9.49. The quantitative estimate of drug-likeness (QED) is 0.0997. The Morgan fingerprint density at radius 3 is 2.00 bits per heavy atom. The van der Waals surface area contributed by atoms with Gasteiger partial charge in [-0.3, -0.25) is 0 Å². The number of hydrogen-bond acceptors (Lipinski definition) is 16. The van der Waals surface area contributed by atoms with Crippen LogP contribution in [0, 0.1) is 50.7 Å². The van der Waals surface area contributed by atoms with Crippen molar-refractivity contribution in [3.63, 3.8) is 0 Å². The van der Waals surface area contributed by atoms with E-state index in [0.717, 1.165) is 32.1 Å². The number of fused-ring (bicyclic) bond motifs is 5. The first kappa shape index (κ1) is 49.0. The summed E-state index contributed by atoms with van der Waals surface area (Å²) in [7, 11) is 0. The lowest BCUT2D eigenvalue weighted by atomic mass is 9.35. The molecule has 3 heterocycles. The van der Waals surface area contributed by atoms with Gasteiger partial charge < -0.3 is 79.9 Å². The second-order valence-electron chi connectivity index (χ2n) is 21.9. The Morgan fingerprint density at radius 1 is 0.677 bits per heavy atom. The number of hydrogen-bond donors (Lipinski definition) is 11. The fraction of sp³-hybridized carbons (Fsp3) is 0.957. The second-order valence-corrected chi connectivity index (χ2v) is 21.9. The number of aliphatic hydroxyl groups excluding tert-OH is 11. The Labute approximate surface area is 366 Å². The molecule has 16 nitrogen and oxygen atoms in total. The summed E-state index contributed by atoms with van der Waals surface area (Å²) in [5, 5.41) is 119. The monoisotopic (exact) mass is 887 g/mol. The zero-order chi connectivity index (χ0) is 45.5. The van der Waals surface area contributed by atoms with Gasteiger partial charge in [0.1, 0.15) is 67.1 Å². The van der Waals surface area contributed by atoms with Gasteiger partial charge >= 0.3 is 0 Å². The van der Waals surface area contributed by atoms with Gasteiger partial charge in [-0.1, -0.05) is 53.7 Å². The molecule has 0 aromatic heterocycles. The minimum atomic E-state index is -1.59. The van der Waals surface area contributed by atoms with Gasteiger partial charge in [0.05, 0.1) is 38.1 Å². The van der Waals surface area contributed by atoms with E-state index in [-0.39, 0.29) is 59.2 Å². The van der Waals surface area contributed by atoms with Crippen LogP contribution in [0.4, 0.5) is 0 Å². The smallest absolute Gasteiger partial charge is 0.186 e. The fourth-order valence-corrected chi connectivity index (χ4v) is 14.9. The van der Waals surface area contributed by atoms with Crippen LogP contribution in [0.15, 0.2) is 12.2 Å². The van der Waals surface area contributed by atoms with Gasteiger partial charge in [-0.2, -0.15) is 0 Å². The van der Waals surface area contributed by atoms with Crippen molar-refractivity contribution < 1.29 is 79.9 Å². The predicted molar refractivity (Wildman–Crippen MR) is 222 cm³/mol. The van der Waals surface area contributed by atoms with Crippen LogP contribution >= 0.6 is 0 Å². The van der Waals surface area contributed by atoms with Gasteiger partial charge in [-0.05, 0) is 115 Å². The molecule has 24 atom stereocenters. The van der Waals surface area contributed by atoms with Crippen LogP contribution in [0.2, 0.25) is 0 Å². The summed E-state index contributed by atoms with van der Waals surface area (Å²) in [5.74, 6) is 0.0155. The molecule has 358 valence electrons. The molecule has 3 aliphatic heterocycles. The lowest BCUT2D eigenvalue weighted by molar-refractivity contribution is -0.332. The molecule has 0 aromatic rings. The van der Waals surface area contributed by atoms with Crippen LogP contribution in [0.3, 0.4) is 0 Å². The van der Waals surface area contributed by atoms with Crippen LogP contribution in [0.5, 0.6) is 0 Å². The highest BCUT2D eigenvalue weighted by Crippen LogP contribution is 2.76. The predicted octanol–water partition coefficient (Wildman–Crippen LogP) is 0.496. The molecule has 11 N–H and O–H groups in total. The first-order valence-electron chi connectivity index (χ1n) is 23.3. The van der Waals surface area contributed by atoms with Gasteiger partial charge in [0.2, 0.25) is 0 Å². The largest absolute Gasteiger partial charge is 0.394 e. The zero-order valence-electron chi connectivity index (χ0n) is 37.6. The van der Waals surface area contributed by atoms with E-state index in [1.165, 1.54) is 0 Å². The van der Waals surface area contributed by atoms with Crippen molar-refractivity contribution in [2.24, 2.45) is 50.7 Å². The highest BCUT2D eigenvalue weighted by Gasteiger charge is 2.72. The minimum absolute atomic E-state index is 0.140. The molecule has 7 fully saturated rings. The summed E-state index contributed by atoms with van der Waals surface area (Å²) >= 11 is 0. The molecule has 0 amide bonds. The lowest BCUT2D eigenvalue weighted by Crippen LogP contribution is -2.68. The van der Waals surface area contributed by atoms with E-state index >= 15 is 0 Å². The Bertz CT molecular complexity index is 1570. The molecule has 0 bridgehead atoms. The standard InChI is InChI=1S/C46H78O16/c1-8-9-10-14-43(4,39-36(55)34(53)33(52)26(60-39)21-59-40-37(56)31(50)24(49)20-58-40)22-11-16-46(7)30(22)23(48)18-28-44(5)15-13-29(42(2,3)27(44)12-17-45(28,46)6)62-41-38(57)35(54)32(51)25(19-47)61-41/h8-9,22-41,47-57H,10-21H2,1-7H3/b9-8+/t22-,23+,24-,25+,26+,27-,28+,29-,30-,31+,32+,33+,34-,35-,36+,37-,38+,39?,40-,41-,43-,44-,45+,46+/m0/s1. The Kier molecular flexibility index (Phi) is 14.2. The number of allylic oxidation sites excluding steroid dienone is 2. The fourth-order valence-electron chi connectivity index (χ4n) is 14.9. The topological polar surface area (TPSA) is 269 Å². The summed E-state index contributed by atoms with van der Waals surface area (Å²) in [6, 6.07) is 0. The van der Waals surface area contributed by atoms with Gasteiger partial charge in [-0.15, -0.1) is 0 Å². The highest BCUT2D eigenvalue weighted by atomic mass is 16.7. The molecule has 7 rings (SSSR count). The summed E-state index contributed by atoms with van der Waals surface area (Å²) in [5.41, 5.74) is -1.88. The van der Waals surface area contributed by atoms with Crippen LogP contribution in [0.1, 0.15) is 106 Å². The highest BCUT2D eigenvalue weighted by molar-refractivity contribution is 5.21. The third-order valence-corrected chi connectivity index (χ3v) is 18.6. The SMILES string of the molecule is C/C=C/CC[C@](C)(C1O[C@H](CO[C@@H]2OC[C@H](O)[C@@H](O)[C@@H]2O)[C@@H](O)[C@H](O)[C@H]1O)[C@H]1CC[C@]2(C)[C@@H]1[C@H](O)C[C@@H]1[C@@]3(C)CC[C@H](O[C@@H]4O[C@H](CO)[C@@H](O)[C@H](O)[C@H]4O)C(C)(C)[C@@H]3CC[C@]12C. The van der Waals surface area contributed by atoms with E-state index < -0.39 is 109 Å². The van der Waals surface area contributed by atoms with E-state index in [4.69, 9.17) is 23.7 Å². The first-order valence-corrected chi connectivity index (χ1v) is 23.3. The first-order chi connectivity index (χ1) is 29.0. The minimum Gasteiger partial charge on any atom is -0.394 e. The number of rotatable bonds is 11. The molecule has 0 spiro atoms. The Balaban J connectivity index is 1.13. The van der Waals surface area contributed by atoms with Crippen molar-refractivity contribution in [2.45, 2.75) is 204 Å².